The molecule has 3 rings (SSSR count). The first-order valence-corrected chi connectivity index (χ1v) is 18.9. The van der Waals surface area contributed by atoms with Crippen molar-refractivity contribution in [2.75, 3.05) is 6.54 Å². The number of hydrogen-bond acceptors (Lipinski definition) is 7. The molecule has 1 aromatic heterocycles. The summed E-state index contributed by atoms with van der Waals surface area (Å²) in [6.07, 6.45) is 1.32. The Labute approximate surface area is 331 Å². The summed E-state index contributed by atoms with van der Waals surface area (Å²) in [5.74, 6) is -3.73. The van der Waals surface area contributed by atoms with Crippen LogP contribution in [0.4, 0.5) is 0 Å². The molecule has 0 bridgehead atoms. The number of carbonyl (C=O) groups excluding carboxylic acids is 5. The van der Waals surface area contributed by atoms with E-state index in [0.29, 0.717) is 34.3 Å². The maximum atomic E-state index is 13.9. The first kappa shape index (κ1) is 44.2. The van der Waals surface area contributed by atoms with E-state index < -0.39 is 53.7 Å². The van der Waals surface area contributed by atoms with Gasteiger partial charge in [0.1, 0.15) is 24.2 Å². The molecule has 298 valence electrons. The number of nitrogens with zero attached hydrogens (tertiary/aromatic N) is 3. The Hall–Kier alpha value is -5.15. The molecule has 2 aromatic carbocycles. The van der Waals surface area contributed by atoms with Crippen LogP contribution in [0.25, 0.3) is 5.69 Å². The van der Waals surface area contributed by atoms with Crippen LogP contribution in [0.1, 0.15) is 75.1 Å². The second-order valence-corrected chi connectivity index (χ2v) is 14.8. The summed E-state index contributed by atoms with van der Waals surface area (Å²) in [7, 11) is 0. The van der Waals surface area contributed by atoms with Gasteiger partial charge in [0.15, 0.2) is 11.7 Å². The fourth-order valence-corrected chi connectivity index (χ4v) is 6.29. The standard InChI is InChI=1S/C38H52Cl2N10O5/c1-6-22(4)32(37(55)46-29(33(41)51)17-24-11-8-7-9-12-24)48-35(53)30(15-21(2)3)47-34(52)28(13-10-14-44-38(42)43)45-36(54)31-16-23(5)50(49-31)27-19-25(39)18-26(40)20-27/h7-9,11-12,16,18-22,28-30,32H,6,10,13-15,17H2,1-5H3,(H2,41,51)(H,45,54)(H,46,55)(H,47,52)(H,48,53)(H4,42,43,44)/t22-,28-,29-,30-,32-/m0/s1. The van der Waals surface area contributed by atoms with Crippen molar-refractivity contribution in [3.63, 3.8) is 0 Å². The van der Waals surface area contributed by atoms with Crippen molar-refractivity contribution in [1.82, 2.24) is 31.0 Å². The van der Waals surface area contributed by atoms with Crippen LogP contribution in [-0.4, -0.2) is 76.0 Å². The number of aliphatic imine (C=N–C) groups is 1. The average molecular weight is 800 g/mol. The molecule has 0 saturated heterocycles. The zero-order chi connectivity index (χ0) is 40.8. The maximum absolute atomic E-state index is 13.9. The fraction of sp³-hybridized carbons (Fsp3) is 0.447. The minimum atomic E-state index is -1.13. The van der Waals surface area contributed by atoms with E-state index in [4.69, 9.17) is 40.4 Å². The van der Waals surface area contributed by atoms with E-state index >= 15 is 0 Å². The monoisotopic (exact) mass is 798 g/mol. The van der Waals surface area contributed by atoms with Gasteiger partial charge in [-0.05, 0) is 67.9 Å². The van der Waals surface area contributed by atoms with E-state index in [2.05, 4.69) is 31.4 Å². The highest BCUT2D eigenvalue weighted by Gasteiger charge is 2.33. The Morgan fingerprint density at radius 2 is 1.44 bits per heavy atom. The molecule has 15 nitrogen and oxygen atoms in total. The zero-order valence-corrected chi connectivity index (χ0v) is 33.3. The van der Waals surface area contributed by atoms with E-state index in [9.17, 15) is 24.0 Å². The lowest BCUT2D eigenvalue weighted by atomic mass is 9.95. The number of hydrogen-bond donors (Lipinski definition) is 7. The molecule has 0 aliphatic carbocycles. The minimum absolute atomic E-state index is 0.0241. The molecule has 5 amide bonds. The van der Waals surface area contributed by atoms with Gasteiger partial charge in [-0.25, -0.2) is 4.68 Å². The summed E-state index contributed by atoms with van der Waals surface area (Å²) in [5, 5.41) is 16.2. The number of primary amides is 1. The molecule has 10 N–H and O–H groups in total. The lowest BCUT2D eigenvalue weighted by molar-refractivity contribution is -0.134. The first-order valence-electron chi connectivity index (χ1n) is 18.1. The minimum Gasteiger partial charge on any atom is -0.370 e. The Balaban J connectivity index is 1.83. The number of nitrogens with one attached hydrogen (secondary N) is 4. The van der Waals surface area contributed by atoms with Gasteiger partial charge in [0.25, 0.3) is 5.91 Å². The second-order valence-electron chi connectivity index (χ2n) is 13.9. The summed E-state index contributed by atoms with van der Waals surface area (Å²) in [6.45, 7) is 9.35. The van der Waals surface area contributed by atoms with Gasteiger partial charge in [0.05, 0.1) is 5.69 Å². The van der Waals surface area contributed by atoms with E-state index in [1.165, 1.54) is 4.68 Å². The lowest BCUT2D eigenvalue weighted by Crippen LogP contribution is -2.59. The van der Waals surface area contributed by atoms with Gasteiger partial charge in [-0.15, -0.1) is 0 Å². The number of carbonyl (C=O) groups is 5. The number of halogens is 2. The second kappa shape index (κ2) is 21.1. The number of aryl methyl sites for hydroxylation is 1. The van der Waals surface area contributed by atoms with Crippen LogP contribution in [0.5, 0.6) is 0 Å². The molecule has 0 aliphatic heterocycles. The average Bonchev–Trinajstić information content (AvgIpc) is 3.51. The Kier molecular flexibility index (Phi) is 17.0. The lowest BCUT2D eigenvalue weighted by Gasteiger charge is -2.29. The molecule has 0 radical (unpaired) electrons. The number of guanidine groups is 1. The highest BCUT2D eigenvalue weighted by Crippen LogP contribution is 2.23. The SMILES string of the molecule is CC[C@H](C)[C@H](NC(=O)[C@H](CC(C)C)NC(=O)[C@H](CCCN=C(N)N)NC(=O)c1cc(C)n(-c2cc(Cl)cc(Cl)c2)n1)C(=O)N[C@@H](Cc1ccccc1)C(N)=O. The molecule has 0 fully saturated rings. The van der Waals surface area contributed by atoms with Crippen LogP contribution < -0.4 is 38.5 Å². The van der Waals surface area contributed by atoms with E-state index in [1.54, 1.807) is 38.1 Å². The number of benzene rings is 2. The van der Waals surface area contributed by atoms with Crippen LogP contribution in [0.3, 0.4) is 0 Å². The van der Waals surface area contributed by atoms with E-state index in [-0.39, 0.29) is 49.3 Å². The number of amides is 5. The molecule has 1 heterocycles. The van der Waals surface area contributed by atoms with Gasteiger partial charge >= 0.3 is 0 Å². The van der Waals surface area contributed by atoms with Crippen molar-refractivity contribution in [3.05, 3.63) is 81.6 Å². The third kappa shape index (κ3) is 13.9. The first-order chi connectivity index (χ1) is 26.0. The Bertz CT molecular complexity index is 1810. The molecule has 55 heavy (non-hydrogen) atoms. The summed E-state index contributed by atoms with van der Waals surface area (Å²) in [5.41, 5.74) is 18.6. The van der Waals surface area contributed by atoms with Crippen LogP contribution in [0.15, 0.2) is 59.6 Å². The van der Waals surface area contributed by atoms with Crippen molar-refractivity contribution in [2.24, 2.45) is 34.0 Å². The summed E-state index contributed by atoms with van der Waals surface area (Å²) < 4.78 is 1.50. The van der Waals surface area contributed by atoms with Gasteiger partial charge in [0, 0.05) is 28.7 Å². The number of rotatable bonds is 20. The molecule has 0 saturated carbocycles. The van der Waals surface area contributed by atoms with Gasteiger partial charge in [0.2, 0.25) is 23.6 Å². The molecular formula is C38H52Cl2N10O5. The van der Waals surface area contributed by atoms with Crippen molar-refractivity contribution >= 4 is 58.7 Å². The third-order valence-corrected chi connectivity index (χ3v) is 9.29. The molecule has 17 heteroatoms. The largest absolute Gasteiger partial charge is 0.370 e. The van der Waals surface area contributed by atoms with Crippen molar-refractivity contribution in [3.8, 4) is 5.69 Å². The Morgan fingerprint density at radius 3 is 2.02 bits per heavy atom. The fourth-order valence-electron chi connectivity index (χ4n) is 5.78. The summed E-state index contributed by atoms with van der Waals surface area (Å²) >= 11 is 12.4. The van der Waals surface area contributed by atoms with Gasteiger partial charge in [-0.1, -0.05) is 87.6 Å². The Morgan fingerprint density at radius 1 is 0.818 bits per heavy atom. The van der Waals surface area contributed by atoms with Crippen molar-refractivity contribution < 1.29 is 24.0 Å². The van der Waals surface area contributed by atoms with Gasteiger partial charge < -0.3 is 38.5 Å². The zero-order valence-electron chi connectivity index (χ0n) is 31.8. The molecule has 5 atom stereocenters. The van der Waals surface area contributed by atoms with E-state index in [1.807, 2.05) is 51.1 Å². The highest BCUT2D eigenvalue weighted by molar-refractivity contribution is 6.34. The molecule has 0 unspecified atom stereocenters. The van der Waals surface area contributed by atoms with Crippen LogP contribution in [-0.2, 0) is 25.6 Å². The predicted octanol–water partition coefficient (Wildman–Crippen LogP) is 2.91. The number of aromatic nitrogens is 2. The molecule has 0 aliphatic rings. The third-order valence-electron chi connectivity index (χ3n) is 8.85. The smallest absolute Gasteiger partial charge is 0.272 e. The van der Waals surface area contributed by atoms with Crippen LogP contribution >= 0.6 is 23.2 Å². The normalized spacial score (nSPS) is 13.8. The molecule has 0 spiro atoms. The van der Waals surface area contributed by atoms with Crippen LogP contribution in [0, 0.1) is 18.8 Å². The topological polar surface area (TPSA) is 242 Å². The maximum Gasteiger partial charge on any atom is 0.272 e. The van der Waals surface area contributed by atoms with E-state index in [0.717, 1.165) is 5.56 Å². The van der Waals surface area contributed by atoms with Gasteiger partial charge in [-0.3, -0.25) is 29.0 Å². The van der Waals surface area contributed by atoms with Crippen molar-refractivity contribution in [1.29, 1.82) is 0 Å². The van der Waals surface area contributed by atoms with Crippen LogP contribution in [0.2, 0.25) is 10.0 Å². The number of nitrogens with two attached hydrogens (primary N) is 3. The summed E-state index contributed by atoms with van der Waals surface area (Å²) in [6, 6.07) is 11.2. The quantitative estimate of drug-likeness (QED) is 0.0508. The molecule has 3 aromatic rings. The predicted molar refractivity (Wildman–Crippen MR) is 214 cm³/mol. The van der Waals surface area contributed by atoms with Gasteiger partial charge in [-0.2, -0.15) is 5.10 Å². The highest BCUT2D eigenvalue weighted by atomic mass is 35.5. The van der Waals surface area contributed by atoms with Crippen molar-refractivity contribution in [2.45, 2.75) is 90.9 Å². The molecular weight excluding hydrogens is 747 g/mol. The summed E-state index contributed by atoms with van der Waals surface area (Å²) in [4.78, 5) is 71.4.